The molecule has 0 spiro atoms. The van der Waals surface area contributed by atoms with Crippen LogP contribution < -0.4 is 5.32 Å². The number of hydrogen-bond donors (Lipinski definition) is 1. The van der Waals surface area contributed by atoms with E-state index in [1.54, 1.807) is 0 Å². The van der Waals surface area contributed by atoms with E-state index in [1.165, 1.54) is 25.7 Å². The molecule has 4 heteroatoms. The van der Waals surface area contributed by atoms with Crippen LogP contribution in [-0.2, 0) is 0 Å². The minimum atomic E-state index is -3.98. The third kappa shape index (κ3) is 3.62. The van der Waals surface area contributed by atoms with E-state index >= 15 is 0 Å². The zero-order valence-corrected chi connectivity index (χ0v) is 11.1. The van der Waals surface area contributed by atoms with Crippen molar-refractivity contribution in [3.05, 3.63) is 0 Å². The first-order chi connectivity index (χ1) is 8.49. The van der Waals surface area contributed by atoms with Gasteiger partial charge in [0.2, 0.25) is 0 Å². The number of hydrogen-bond acceptors (Lipinski definition) is 1. The van der Waals surface area contributed by atoms with Gasteiger partial charge in [0.05, 0.1) is 5.92 Å². The number of alkyl halides is 3. The molecule has 2 rings (SSSR count). The third-order valence-electron chi connectivity index (χ3n) is 4.78. The Bertz CT molecular complexity index is 256. The lowest BCUT2D eigenvalue weighted by Gasteiger charge is -2.32. The summed E-state index contributed by atoms with van der Waals surface area (Å²) in [5, 5.41) is 3.59. The van der Waals surface area contributed by atoms with Crippen LogP contribution in [0, 0.1) is 11.8 Å². The monoisotopic (exact) mass is 263 g/mol. The highest BCUT2D eigenvalue weighted by atomic mass is 19.4. The van der Waals surface area contributed by atoms with E-state index in [9.17, 15) is 13.2 Å². The molecule has 0 aromatic rings. The molecule has 0 aliphatic heterocycles. The molecule has 0 aromatic heterocycles. The maximum atomic E-state index is 12.5. The van der Waals surface area contributed by atoms with Crippen LogP contribution in [0.4, 0.5) is 13.2 Å². The standard InChI is InChI=1S/C14H24F3N/c1-2-10-3-6-13(9-10)18-12-7-4-11(5-8-12)14(15,16)17/h10-13,18H,2-9H2,1H3. The second kappa shape index (κ2) is 5.81. The molecule has 106 valence electrons. The quantitative estimate of drug-likeness (QED) is 0.801. The first-order valence-electron chi connectivity index (χ1n) is 7.31. The Kier molecular flexibility index (Phi) is 4.57. The average molecular weight is 263 g/mol. The van der Waals surface area contributed by atoms with E-state index in [0.717, 1.165) is 5.92 Å². The van der Waals surface area contributed by atoms with Crippen molar-refractivity contribution < 1.29 is 13.2 Å². The SMILES string of the molecule is CCC1CCC(NC2CCC(C(F)(F)F)CC2)C1. The molecule has 2 aliphatic carbocycles. The van der Waals surface area contributed by atoms with Crippen LogP contribution in [0.15, 0.2) is 0 Å². The average Bonchev–Trinajstić information content (AvgIpc) is 2.76. The van der Waals surface area contributed by atoms with E-state index in [0.29, 0.717) is 37.8 Å². The Hall–Kier alpha value is -0.250. The summed E-state index contributed by atoms with van der Waals surface area (Å²) in [4.78, 5) is 0. The van der Waals surface area contributed by atoms with Crippen LogP contribution in [0.1, 0.15) is 58.3 Å². The first kappa shape index (κ1) is 14.2. The Morgan fingerprint density at radius 2 is 1.56 bits per heavy atom. The maximum absolute atomic E-state index is 12.5. The molecule has 0 radical (unpaired) electrons. The van der Waals surface area contributed by atoms with Crippen LogP contribution in [0.25, 0.3) is 0 Å². The van der Waals surface area contributed by atoms with Crippen LogP contribution in [0.5, 0.6) is 0 Å². The van der Waals surface area contributed by atoms with Gasteiger partial charge in [0.15, 0.2) is 0 Å². The number of nitrogens with one attached hydrogen (secondary N) is 1. The van der Waals surface area contributed by atoms with Crippen molar-refractivity contribution in [1.82, 2.24) is 5.32 Å². The number of halogens is 3. The highest BCUT2D eigenvalue weighted by molar-refractivity contribution is 4.86. The van der Waals surface area contributed by atoms with Gasteiger partial charge in [0.25, 0.3) is 0 Å². The van der Waals surface area contributed by atoms with Crippen molar-refractivity contribution in [2.24, 2.45) is 11.8 Å². The molecule has 0 aromatic carbocycles. The predicted molar refractivity (Wildman–Crippen MR) is 66.4 cm³/mol. The summed E-state index contributed by atoms with van der Waals surface area (Å²) in [5.74, 6) is -0.225. The van der Waals surface area contributed by atoms with Crippen molar-refractivity contribution in [1.29, 1.82) is 0 Å². The van der Waals surface area contributed by atoms with Gasteiger partial charge in [-0.05, 0) is 50.9 Å². The molecule has 0 heterocycles. The molecule has 1 nitrogen and oxygen atoms in total. The van der Waals surface area contributed by atoms with Crippen molar-refractivity contribution >= 4 is 0 Å². The van der Waals surface area contributed by atoms with Crippen molar-refractivity contribution in [2.75, 3.05) is 0 Å². The predicted octanol–water partition coefficient (Wildman–Crippen LogP) is 4.28. The van der Waals surface area contributed by atoms with Gasteiger partial charge in [-0.3, -0.25) is 0 Å². The van der Waals surface area contributed by atoms with Gasteiger partial charge in [0.1, 0.15) is 0 Å². The van der Waals surface area contributed by atoms with Gasteiger partial charge in [-0.1, -0.05) is 13.3 Å². The lowest BCUT2D eigenvalue weighted by Crippen LogP contribution is -2.41. The van der Waals surface area contributed by atoms with E-state index in [4.69, 9.17) is 0 Å². The molecule has 0 saturated heterocycles. The molecule has 2 atom stereocenters. The highest BCUT2D eigenvalue weighted by Gasteiger charge is 2.41. The lowest BCUT2D eigenvalue weighted by molar-refractivity contribution is -0.182. The second-order valence-electron chi connectivity index (χ2n) is 6.04. The zero-order chi connectivity index (χ0) is 13.2. The van der Waals surface area contributed by atoms with E-state index in [-0.39, 0.29) is 0 Å². The van der Waals surface area contributed by atoms with Gasteiger partial charge < -0.3 is 5.32 Å². The summed E-state index contributed by atoms with van der Waals surface area (Å²) in [6.07, 6.45) is 2.97. The molecule has 18 heavy (non-hydrogen) atoms. The normalized spacial score (nSPS) is 38.0. The van der Waals surface area contributed by atoms with E-state index in [1.807, 2.05) is 0 Å². The minimum absolute atomic E-state index is 0.311. The molecule has 0 bridgehead atoms. The summed E-state index contributed by atoms with van der Waals surface area (Å²) < 4.78 is 37.6. The van der Waals surface area contributed by atoms with Crippen molar-refractivity contribution in [2.45, 2.75) is 76.6 Å². The molecular weight excluding hydrogens is 239 g/mol. The third-order valence-corrected chi connectivity index (χ3v) is 4.78. The Labute approximate surface area is 108 Å². The Balaban J connectivity index is 1.71. The fraction of sp³-hybridized carbons (Fsp3) is 1.00. The molecule has 2 saturated carbocycles. The summed E-state index contributed by atoms with van der Waals surface area (Å²) in [5.41, 5.74) is 0. The molecule has 0 amide bonds. The van der Waals surface area contributed by atoms with Crippen molar-refractivity contribution in [3.8, 4) is 0 Å². The minimum Gasteiger partial charge on any atom is -0.311 e. The van der Waals surface area contributed by atoms with Crippen molar-refractivity contribution in [3.63, 3.8) is 0 Å². The Morgan fingerprint density at radius 1 is 0.944 bits per heavy atom. The van der Waals surface area contributed by atoms with E-state index in [2.05, 4.69) is 12.2 Å². The van der Waals surface area contributed by atoms with Crippen LogP contribution in [0.2, 0.25) is 0 Å². The highest BCUT2D eigenvalue weighted by Crippen LogP contribution is 2.38. The van der Waals surface area contributed by atoms with E-state index < -0.39 is 12.1 Å². The molecule has 2 aliphatic rings. The van der Waals surface area contributed by atoms with Crippen LogP contribution in [-0.4, -0.2) is 18.3 Å². The fourth-order valence-corrected chi connectivity index (χ4v) is 3.52. The molecule has 2 fully saturated rings. The maximum Gasteiger partial charge on any atom is 0.391 e. The van der Waals surface area contributed by atoms with Gasteiger partial charge in [-0.15, -0.1) is 0 Å². The van der Waals surface area contributed by atoms with Crippen LogP contribution in [0.3, 0.4) is 0 Å². The molecule has 1 N–H and O–H groups in total. The molecule has 2 unspecified atom stereocenters. The zero-order valence-electron chi connectivity index (χ0n) is 11.1. The lowest BCUT2D eigenvalue weighted by atomic mass is 9.85. The number of rotatable bonds is 3. The first-order valence-corrected chi connectivity index (χ1v) is 7.31. The van der Waals surface area contributed by atoms with Crippen LogP contribution >= 0.6 is 0 Å². The summed E-state index contributed by atoms with van der Waals surface area (Å²) >= 11 is 0. The summed E-state index contributed by atoms with van der Waals surface area (Å²) in [6, 6.07) is 0.881. The Morgan fingerprint density at radius 3 is 2.06 bits per heavy atom. The van der Waals surface area contributed by atoms with Gasteiger partial charge in [0, 0.05) is 12.1 Å². The summed E-state index contributed by atoms with van der Waals surface area (Å²) in [6.45, 7) is 2.22. The fourth-order valence-electron chi connectivity index (χ4n) is 3.52. The van der Waals surface area contributed by atoms with Gasteiger partial charge >= 0.3 is 6.18 Å². The second-order valence-corrected chi connectivity index (χ2v) is 6.04. The topological polar surface area (TPSA) is 12.0 Å². The smallest absolute Gasteiger partial charge is 0.311 e. The van der Waals surface area contributed by atoms with Gasteiger partial charge in [-0.25, -0.2) is 0 Å². The van der Waals surface area contributed by atoms with Gasteiger partial charge in [-0.2, -0.15) is 13.2 Å². The summed E-state index contributed by atoms with van der Waals surface area (Å²) in [7, 11) is 0. The molecular formula is C14H24F3N. The largest absolute Gasteiger partial charge is 0.391 e.